The van der Waals surface area contributed by atoms with E-state index in [2.05, 4.69) is 5.32 Å². The van der Waals surface area contributed by atoms with E-state index in [1.807, 2.05) is 0 Å². The molecule has 2 N–H and O–H groups in total. The third kappa shape index (κ3) is 4.77. The van der Waals surface area contributed by atoms with Gasteiger partial charge in [0.1, 0.15) is 17.7 Å². The minimum Gasteiger partial charge on any atom is -0.480 e. The Balaban J connectivity index is 2.86. The largest absolute Gasteiger partial charge is 0.480 e. The Bertz CT molecular complexity index is 626. The molecule has 0 unspecified atom stereocenters. The predicted molar refractivity (Wildman–Crippen MR) is 73.8 cm³/mol. The molecule has 0 aromatic heterocycles. The van der Waals surface area contributed by atoms with E-state index in [1.54, 1.807) is 6.07 Å². The van der Waals surface area contributed by atoms with Gasteiger partial charge in [-0.1, -0.05) is 0 Å². The van der Waals surface area contributed by atoms with Crippen molar-refractivity contribution in [3.05, 3.63) is 33.9 Å². The molecule has 0 heterocycles. The molecule has 0 saturated carbocycles. The standard InChI is InChI=1S/C12H11N3O5S/c1-7(16)14-10(12(17)18)6-21-9-3-2-8(5-13)11(4-9)15(19)20/h2-4,10H,6H2,1H3,(H,14,16)(H,17,18)/t10-/m0/s1. The number of carbonyl (C=O) groups excluding carboxylic acids is 1. The number of nitrogens with one attached hydrogen (secondary N) is 1. The zero-order valence-corrected chi connectivity index (χ0v) is 11.7. The molecule has 0 aliphatic heterocycles. The number of nitro benzene ring substituents is 1. The Kier molecular flexibility index (Phi) is 5.68. The number of carboxylic acid groups (broad SMARTS) is 1. The summed E-state index contributed by atoms with van der Waals surface area (Å²) in [5, 5.41) is 30.8. The van der Waals surface area contributed by atoms with Crippen LogP contribution in [0.4, 0.5) is 5.69 Å². The lowest BCUT2D eigenvalue weighted by Gasteiger charge is -2.12. The summed E-state index contributed by atoms with van der Waals surface area (Å²) in [5.41, 5.74) is -0.408. The molecule has 1 amide bonds. The quantitative estimate of drug-likeness (QED) is 0.457. The highest BCUT2D eigenvalue weighted by Gasteiger charge is 2.20. The second kappa shape index (κ2) is 7.25. The number of aliphatic carboxylic acids is 1. The van der Waals surface area contributed by atoms with E-state index in [1.165, 1.54) is 25.1 Å². The van der Waals surface area contributed by atoms with Crippen LogP contribution in [-0.4, -0.2) is 33.7 Å². The summed E-state index contributed by atoms with van der Waals surface area (Å²) < 4.78 is 0. The number of nitriles is 1. The minimum atomic E-state index is -1.19. The zero-order valence-electron chi connectivity index (χ0n) is 10.9. The molecule has 0 bridgehead atoms. The molecule has 1 aromatic carbocycles. The van der Waals surface area contributed by atoms with Gasteiger partial charge < -0.3 is 10.4 Å². The molecular weight excluding hydrogens is 298 g/mol. The first kappa shape index (κ1) is 16.5. The number of thioether (sulfide) groups is 1. The molecule has 1 rings (SSSR count). The SMILES string of the molecule is CC(=O)N[C@@H](CSc1ccc(C#N)c([N+](=O)[O-])c1)C(=O)O. The average molecular weight is 309 g/mol. The van der Waals surface area contributed by atoms with Crippen LogP contribution in [-0.2, 0) is 9.59 Å². The van der Waals surface area contributed by atoms with Crippen molar-refractivity contribution in [1.29, 1.82) is 5.26 Å². The van der Waals surface area contributed by atoms with Gasteiger partial charge in [-0.05, 0) is 12.1 Å². The molecule has 21 heavy (non-hydrogen) atoms. The number of nitrogens with zero attached hydrogens (tertiary/aromatic N) is 2. The van der Waals surface area contributed by atoms with Crippen molar-refractivity contribution in [2.45, 2.75) is 17.9 Å². The summed E-state index contributed by atoms with van der Waals surface area (Å²) in [6.07, 6.45) is 0. The molecule has 0 spiro atoms. The van der Waals surface area contributed by atoms with Crippen LogP contribution >= 0.6 is 11.8 Å². The first-order valence-electron chi connectivity index (χ1n) is 5.66. The summed E-state index contributed by atoms with van der Waals surface area (Å²) in [7, 11) is 0. The highest BCUT2D eigenvalue weighted by atomic mass is 32.2. The van der Waals surface area contributed by atoms with Crippen molar-refractivity contribution < 1.29 is 19.6 Å². The summed E-state index contributed by atoms with van der Waals surface area (Å²) in [6, 6.07) is 4.61. The second-order valence-corrected chi connectivity index (χ2v) is 5.04. The lowest BCUT2D eigenvalue weighted by Crippen LogP contribution is -2.41. The lowest BCUT2D eigenvalue weighted by atomic mass is 10.2. The number of carboxylic acids is 1. The molecule has 1 aromatic rings. The smallest absolute Gasteiger partial charge is 0.327 e. The van der Waals surface area contributed by atoms with Crippen LogP contribution in [0.3, 0.4) is 0 Å². The number of hydrogen-bond acceptors (Lipinski definition) is 6. The van der Waals surface area contributed by atoms with Gasteiger partial charge in [0.15, 0.2) is 0 Å². The van der Waals surface area contributed by atoms with Crippen LogP contribution in [0.5, 0.6) is 0 Å². The maximum absolute atomic E-state index is 11.0. The van der Waals surface area contributed by atoms with Gasteiger partial charge in [0.25, 0.3) is 5.69 Å². The maximum atomic E-state index is 11.0. The van der Waals surface area contributed by atoms with Crippen LogP contribution in [0.25, 0.3) is 0 Å². The Labute approximate surface area is 123 Å². The maximum Gasteiger partial charge on any atom is 0.327 e. The van der Waals surface area contributed by atoms with Gasteiger partial charge in [0, 0.05) is 23.6 Å². The van der Waals surface area contributed by atoms with E-state index in [0.717, 1.165) is 11.8 Å². The number of carbonyl (C=O) groups is 2. The van der Waals surface area contributed by atoms with E-state index in [-0.39, 0.29) is 17.0 Å². The first-order valence-corrected chi connectivity index (χ1v) is 6.65. The average Bonchev–Trinajstić information content (AvgIpc) is 2.42. The molecule has 110 valence electrons. The van der Waals surface area contributed by atoms with E-state index in [9.17, 15) is 19.7 Å². The van der Waals surface area contributed by atoms with Gasteiger partial charge in [-0.15, -0.1) is 11.8 Å². The van der Waals surface area contributed by atoms with Gasteiger partial charge in [0.05, 0.1) is 4.92 Å². The summed E-state index contributed by atoms with van der Waals surface area (Å²) in [5.74, 6) is -1.66. The van der Waals surface area contributed by atoms with E-state index < -0.39 is 22.8 Å². The van der Waals surface area contributed by atoms with Crippen molar-refractivity contribution >= 4 is 29.3 Å². The molecular formula is C12H11N3O5S. The third-order valence-corrected chi connectivity index (χ3v) is 3.47. The van der Waals surface area contributed by atoms with Crippen LogP contribution < -0.4 is 5.32 Å². The number of nitro groups is 1. The molecule has 9 heteroatoms. The molecule has 0 aliphatic carbocycles. The van der Waals surface area contributed by atoms with E-state index >= 15 is 0 Å². The predicted octanol–water partition coefficient (Wildman–Crippen LogP) is 1.15. The Hall–Kier alpha value is -2.60. The van der Waals surface area contributed by atoms with Gasteiger partial charge in [-0.3, -0.25) is 14.9 Å². The normalized spacial score (nSPS) is 11.2. The minimum absolute atomic E-state index is 0.0119. The highest BCUT2D eigenvalue weighted by Crippen LogP contribution is 2.26. The van der Waals surface area contributed by atoms with Crippen molar-refractivity contribution in [1.82, 2.24) is 5.32 Å². The third-order valence-electron chi connectivity index (χ3n) is 2.38. The molecule has 0 fully saturated rings. The Morgan fingerprint density at radius 3 is 2.71 bits per heavy atom. The summed E-state index contributed by atoms with van der Waals surface area (Å²) in [4.78, 5) is 32.4. The van der Waals surface area contributed by atoms with Crippen molar-refractivity contribution in [2.24, 2.45) is 0 Å². The second-order valence-electron chi connectivity index (χ2n) is 3.95. The van der Waals surface area contributed by atoms with Crippen LogP contribution in [0, 0.1) is 21.4 Å². The first-order chi connectivity index (χ1) is 9.85. The van der Waals surface area contributed by atoms with Gasteiger partial charge >= 0.3 is 5.97 Å². The van der Waals surface area contributed by atoms with Crippen molar-refractivity contribution in [3.8, 4) is 6.07 Å². The lowest BCUT2D eigenvalue weighted by molar-refractivity contribution is -0.385. The number of rotatable bonds is 6. The van der Waals surface area contributed by atoms with Crippen LogP contribution in [0.2, 0.25) is 0 Å². The fourth-order valence-electron chi connectivity index (χ4n) is 1.45. The van der Waals surface area contributed by atoms with E-state index in [4.69, 9.17) is 10.4 Å². The van der Waals surface area contributed by atoms with Crippen LogP contribution in [0.15, 0.2) is 23.1 Å². The monoisotopic (exact) mass is 309 g/mol. The molecule has 8 nitrogen and oxygen atoms in total. The van der Waals surface area contributed by atoms with E-state index in [0.29, 0.717) is 4.90 Å². The summed E-state index contributed by atoms with van der Waals surface area (Å²) in [6.45, 7) is 1.20. The van der Waals surface area contributed by atoms with Gasteiger partial charge in [-0.25, -0.2) is 4.79 Å². The van der Waals surface area contributed by atoms with Crippen molar-refractivity contribution in [2.75, 3.05) is 5.75 Å². The fraction of sp³-hybridized carbons (Fsp3) is 0.250. The van der Waals surface area contributed by atoms with Gasteiger partial charge in [0.2, 0.25) is 5.91 Å². The highest BCUT2D eigenvalue weighted by molar-refractivity contribution is 7.99. The number of amides is 1. The topological polar surface area (TPSA) is 133 Å². The Morgan fingerprint density at radius 2 is 2.24 bits per heavy atom. The van der Waals surface area contributed by atoms with Crippen molar-refractivity contribution in [3.63, 3.8) is 0 Å². The number of benzene rings is 1. The number of hydrogen-bond donors (Lipinski definition) is 2. The summed E-state index contributed by atoms with van der Waals surface area (Å²) >= 11 is 1.04. The molecule has 0 radical (unpaired) electrons. The molecule has 0 aliphatic rings. The molecule has 0 saturated heterocycles. The zero-order chi connectivity index (χ0) is 16.0. The Morgan fingerprint density at radius 1 is 1.57 bits per heavy atom. The fourth-order valence-corrected chi connectivity index (χ4v) is 2.39. The molecule has 1 atom stereocenters. The van der Waals surface area contributed by atoms with Gasteiger partial charge in [-0.2, -0.15) is 5.26 Å². The van der Waals surface area contributed by atoms with Crippen LogP contribution in [0.1, 0.15) is 12.5 Å².